The van der Waals surface area contributed by atoms with E-state index in [0.717, 1.165) is 24.0 Å². The van der Waals surface area contributed by atoms with Crippen LogP contribution in [0, 0.1) is 13.8 Å². The monoisotopic (exact) mass is 437 g/mol. The third-order valence-corrected chi connectivity index (χ3v) is 6.69. The van der Waals surface area contributed by atoms with Crippen LogP contribution in [0.5, 0.6) is 17.4 Å². The van der Waals surface area contributed by atoms with Crippen LogP contribution in [0.2, 0.25) is 0 Å². The molecule has 6 N–H and O–H groups in total. The van der Waals surface area contributed by atoms with Crippen molar-refractivity contribution in [1.82, 2.24) is 14.9 Å². The number of phenolic OH excluding ortho intramolecular Hbond substituents is 1. The van der Waals surface area contributed by atoms with Gasteiger partial charge in [0, 0.05) is 12.0 Å². The van der Waals surface area contributed by atoms with E-state index in [-0.39, 0.29) is 22.7 Å². The van der Waals surface area contributed by atoms with Crippen molar-refractivity contribution in [2.75, 3.05) is 26.0 Å². The van der Waals surface area contributed by atoms with Crippen molar-refractivity contribution in [3.63, 3.8) is 0 Å². The number of nitrogens with one attached hydrogen (secondary N) is 1. The molecule has 1 amide bonds. The van der Waals surface area contributed by atoms with Crippen LogP contribution in [-0.4, -0.2) is 46.4 Å². The van der Waals surface area contributed by atoms with Crippen LogP contribution in [0.25, 0.3) is 16.7 Å². The molecule has 168 valence electrons. The topological polar surface area (TPSA) is 138 Å². The van der Waals surface area contributed by atoms with Gasteiger partial charge in [0.25, 0.3) is 5.91 Å². The van der Waals surface area contributed by atoms with Crippen molar-refractivity contribution in [2.24, 2.45) is 5.73 Å². The zero-order valence-corrected chi connectivity index (χ0v) is 18.4. The van der Waals surface area contributed by atoms with E-state index in [0.29, 0.717) is 53.5 Å². The molecule has 3 heterocycles. The number of carbonyl (C=O) groups is 1. The highest BCUT2D eigenvalue weighted by Crippen LogP contribution is 2.46. The summed E-state index contributed by atoms with van der Waals surface area (Å²) >= 11 is 0. The molecule has 5 rings (SSSR count). The number of carbonyl (C=O) groups excluding carboxylic acids is 1. The molecule has 9 nitrogen and oxygen atoms in total. The first kappa shape index (κ1) is 20.4. The summed E-state index contributed by atoms with van der Waals surface area (Å²) in [5.74, 6) is 0.611. The van der Waals surface area contributed by atoms with Crippen molar-refractivity contribution in [3.05, 3.63) is 34.4 Å². The fourth-order valence-electron chi connectivity index (χ4n) is 4.53. The zero-order chi connectivity index (χ0) is 22.8. The molecule has 0 bridgehead atoms. The standard InChI is InChI=1S/C23H27N5O4/c1-11-4-5-14(29)12(2)17(11)28-19(24)16(20(25)30)15-18-13(6-9-31-18)22(27-21(15)28)32-10-23(26-3)7-8-23/h4-5,26,29H,6-10,24H2,1-3H3,(H2,25,30). The molecule has 2 aromatic heterocycles. The smallest absolute Gasteiger partial charge is 0.253 e. The summed E-state index contributed by atoms with van der Waals surface area (Å²) in [6.07, 6.45) is 2.70. The Morgan fingerprint density at radius 2 is 2.12 bits per heavy atom. The Kier molecular flexibility index (Phi) is 4.49. The number of hydrogen-bond donors (Lipinski definition) is 4. The van der Waals surface area contributed by atoms with Crippen LogP contribution in [0.15, 0.2) is 12.1 Å². The molecule has 2 aliphatic rings. The Morgan fingerprint density at radius 1 is 1.38 bits per heavy atom. The number of ether oxygens (including phenoxy) is 2. The summed E-state index contributed by atoms with van der Waals surface area (Å²) in [4.78, 5) is 17.3. The summed E-state index contributed by atoms with van der Waals surface area (Å²) in [6, 6.07) is 3.42. The number of hydrogen-bond acceptors (Lipinski definition) is 7. The van der Waals surface area contributed by atoms with Gasteiger partial charge in [-0.3, -0.25) is 9.36 Å². The van der Waals surface area contributed by atoms with Gasteiger partial charge in [-0.1, -0.05) is 6.07 Å². The molecule has 0 saturated heterocycles. The van der Waals surface area contributed by atoms with Crippen LogP contribution >= 0.6 is 0 Å². The van der Waals surface area contributed by atoms with E-state index in [2.05, 4.69) is 5.32 Å². The van der Waals surface area contributed by atoms with E-state index in [1.54, 1.807) is 23.6 Å². The second kappa shape index (κ2) is 7.03. The molecule has 1 fully saturated rings. The quantitative estimate of drug-likeness (QED) is 0.463. The van der Waals surface area contributed by atoms with E-state index >= 15 is 0 Å². The number of likely N-dealkylation sites (N-methyl/N-ethyl adjacent to an activating group) is 1. The lowest BCUT2D eigenvalue weighted by Crippen LogP contribution is -2.34. The fraction of sp³-hybridized carbons (Fsp3) is 0.391. The van der Waals surface area contributed by atoms with Crippen molar-refractivity contribution in [1.29, 1.82) is 0 Å². The van der Waals surface area contributed by atoms with Gasteiger partial charge in [0.1, 0.15) is 23.9 Å². The number of nitrogens with two attached hydrogens (primary N) is 2. The maximum atomic E-state index is 12.5. The number of phenols is 1. The number of nitrogens with zero attached hydrogens (tertiary/aromatic N) is 2. The molecule has 32 heavy (non-hydrogen) atoms. The molecule has 9 heteroatoms. The van der Waals surface area contributed by atoms with Gasteiger partial charge >= 0.3 is 0 Å². The summed E-state index contributed by atoms with van der Waals surface area (Å²) in [6.45, 7) is 4.63. The third-order valence-electron chi connectivity index (χ3n) is 6.69. The molecule has 0 unspecified atom stereocenters. The second-order valence-corrected chi connectivity index (χ2v) is 8.68. The molecule has 0 atom stereocenters. The Hall–Kier alpha value is -3.46. The zero-order valence-electron chi connectivity index (χ0n) is 18.4. The van der Waals surface area contributed by atoms with Gasteiger partial charge in [-0.2, -0.15) is 4.98 Å². The van der Waals surface area contributed by atoms with Gasteiger partial charge in [-0.05, 0) is 45.4 Å². The molecular formula is C23H27N5O4. The van der Waals surface area contributed by atoms with Gasteiger partial charge in [0.15, 0.2) is 5.65 Å². The first-order valence-electron chi connectivity index (χ1n) is 10.7. The molecule has 1 aliphatic carbocycles. The van der Waals surface area contributed by atoms with E-state index < -0.39 is 5.91 Å². The van der Waals surface area contributed by atoms with Crippen LogP contribution in [0.4, 0.5) is 5.82 Å². The number of aromatic nitrogens is 2. The van der Waals surface area contributed by atoms with Crippen molar-refractivity contribution >= 4 is 22.8 Å². The number of nitrogen functional groups attached to an aromatic ring is 1. The highest BCUT2D eigenvalue weighted by molar-refractivity contribution is 6.13. The number of aryl methyl sites for hydroxylation is 1. The molecule has 1 aromatic carbocycles. The summed E-state index contributed by atoms with van der Waals surface area (Å²) in [5.41, 5.74) is 15.7. The molecule has 1 aliphatic heterocycles. The normalized spacial score (nSPS) is 16.1. The predicted molar refractivity (Wildman–Crippen MR) is 121 cm³/mol. The van der Waals surface area contributed by atoms with E-state index in [9.17, 15) is 9.90 Å². The Morgan fingerprint density at radius 3 is 2.78 bits per heavy atom. The van der Waals surface area contributed by atoms with Gasteiger partial charge in [0.2, 0.25) is 5.88 Å². The van der Waals surface area contributed by atoms with Crippen LogP contribution < -0.4 is 26.3 Å². The number of anilines is 1. The van der Waals surface area contributed by atoms with Crippen molar-refractivity contribution < 1.29 is 19.4 Å². The summed E-state index contributed by atoms with van der Waals surface area (Å²) < 4.78 is 13.8. The maximum Gasteiger partial charge on any atom is 0.253 e. The molecule has 1 saturated carbocycles. The molecule has 0 radical (unpaired) electrons. The highest BCUT2D eigenvalue weighted by atomic mass is 16.5. The van der Waals surface area contributed by atoms with Crippen LogP contribution in [-0.2, 0) is 6.42 Å². The Balaban J connectivity index is 1.80. The van der Waals surface area contributed by atoms with Gasteiger partial charge in [-0.15, -0.1) is 0 Å². The number of amides is 1. The third kappa shape index (κ3) is 2.88. The minimum absolute atomic E-state index is 0.0270. The average Bonchev–Trinajstić information content (AvgIpc) is 3.26. The van der Waals surface area contributed by atoms with Crippen LogP contribution in [0.1, 0.15) is 39.9 Å². The predicted octanol–water partition coefficient (Wildman–Crippen LogP) is 2.09. The largest absolute Gasteiger partial charge is 0.508 e. The Labute approximate surface area is 185 Å². The lowest BCUT2D eigenvalue weighted by Gasteiger charge is -2.18. The number of benzene rings is 1. The minimum Gasteiger partial charge on any atom is -0.508 e. The SMILES string of the molecule is CNC1(COc2nc3c(c4c2CCO4)c(C(N)=O)c(N)n3-c2c(C)ccc(O)c2C)CC1. The average molecular weight is 438 g/mol. The first-order valence-corrected chi connectivity index (χ1v) is 10.7. The molecular weight excluding hydrogens is 410 g/mol. The fourth-order valence-corrected chi connectivity index (χ4v) is 4.53. The lowest BCUT2D eigenvalue weighted by molar-refractivity contribution is 0.100. The number of rotatable bonds is 6. The summed E-state index contributed by atoms with van der Waals surface area (Å²) in [7, 11) is 1.93. The number of primary amides is 1. The van der Waals surface area contributed by atoms with Crippen molar-refractivity contribution in [3.8, 4) is 23.1 Å². The van der Waals surface area contributed by atoms with Crippen molar-refractivity contribution in [2.45, 2.75) is 38.6 Å². The van der Waals surface area contributed by atoms with E-state index in [4.69, 9.17) is 25.9 Å². The minimum atomic E-state index is -0.665. The number of pyridine rings is 1. The number of aromatic hydroxyl groups is 1. The molecule has 0 spiro atoms. The summed E-state index contributed by atoms with van der Waals surface area (Å²) in [5, 5.41) is 14.2. The van der Waals surface area contributed by atoms with Gasteiger partial charge in [-0.25, -0.2) is 0 Å². The van der Waals surface area contributed by atoms with Gasteiger partial charge < -0.3 is 31.4 Å². The lowest BCUT2D eigenvalue weighted by atomic mass is 10.1. The van der Waals surface area contributed by atoms with Gasteiger partial charge in [0.05, 0.1) is 34.3 Å². The highest BCUT2D eigenvalue weighted by Gasteiger charge is 2.42. The molecule has 3 aromatic rings. The van der Waals surface area contributed by atoms with Crippen LogP contribution in [0.3, 0.4) is 0 Å². The maximum absolute atomic E-state index is 12.5. The Bertz CT molecular complexity index is 1280. The number of fused-ring (bicyclic) bond motifs is 3. The first-order chi connectivity index (χ1) is 15.3. The van der Waals surface area contributed by atoms with E-state index in [1.165, 1.54) is 0 Å². The second-order valence-electron chi connectivity index (χ2n) is 8.68. The van der Waals surface area contributed by atoms with E-state index in [1.807, 2.05) is 14.0 Å².